The summed E-state index contributed by atoms with van der Waals surface area (Å²) in [5.74, 6) is 1.47. The lowest BCUT2D eigenvalue weighted by Gasteiger charge is -2.16. The SMILES string of the molecule is CCOc1cc(CNCCNCC(C)O)cc(Br)c1OCc1ccccc1. The van der Waals surface area contributed by atoms with Crippen LogP contribution in [0.5, 0.6) is 11.5 Å². The molecule has 0 fully saturated rings. The van der Waals surface area contributed by atoms with Gasteiger partial charge in [0.15, 0.2) is 11.5 Å². The molecule has 0 amide bonds. The molecule has 0 aliphatic heterocycles. The minimum absolute atomic E-state index is 0.321. The Morgan fingerprint density at radius 1 is 1.04 bits per heavy atom. The lowest BCUT2D eigenvalue weighted by Crippen LogP contribution is -2.31. The largest absolute Gasteiger partial charge is 0.490 e. The number of nitrogens with one attached hydrogen (secondary N) is 2. The predicted octanol–water partition coefficient (Wildman–Crippen LogP) is 3.49. The van der Waals surface area contributed by atoms with Crippen LogP contribution < -0.4 is 20.1 Å². The molecular weight excluding hydrogens is 408 g/mol. The predicted molar refractivity (Wildman–Crippen MR) is 112 cm³/mol. The van der Waals surface area contributed by atoms with E-state index in [0.717, 1.165) is 46.7 Å². The summed E-state index contributed by atoms with van der Waals surface area (Å²) in [5, 5.41) is 15.8. The number of hydrogen-bond acceptors (Lipinski definition) is 5. The van der Waals surface area contributed by atoms with Gasteiger partial charge in [0, 0.05) is 26.2 Å². The van der Waals surface area contributed by atoms with Crippen LogP contribution in [0, 0.1) is 0 Å². The van der Waals surface area contributed by atoms with Crippen LogP contribution in [-0.4, -0.2) is 37.5 Å². The highest BCUT2D eigenvalue weighted by Crippen LogP contribution is 2.37. The Balaban J connectivity index is 1.93. The van der Waals surface area contributed by atoms with Gasteiger partial charge in [-0.3, -0.25) is 0 Å². The standard InChI is InChI=1S/C21H29BrN2O3/c1-3-26-20-12-18(14-24-10-9-23-13-16(2)25)11-19(22)21(20)27-15-17-7-5-4-6-8-17/h4-8,11-12,16,23-25H,3,9-10,13-15H2,1-2H3. The average Bonchev–Trinajstić information content (AvgIpc) is 2.65. The van der Waals surface area contributed by atoms with Gasteiger partial charge in [-0.25, -0.2) is 0 Å². The minimum atomic E-state index is -0.321. The molecule has 0 radical (unpaired) electrons. The summed E-state index contributed by atoms with van der Waals surface area (Å²) in [6, 6.07) is 14.1. The molecule has 0 aliphatic rings. The number of rotatable bonds is 12. The van der Waals surface area contributed by atoms with E-state index in [4.69, 9.17) is 9.47 Å². The number of ether oxygens (including phenoxy) is 2. The average molecular weight is 437 g/mol. The topological polar surface area (TPSA) is 62.8 Å². The Morgan fingerprint density at radius 3 is 2.48 bits per heavy atom. The lowest BCUT2D eigenvalue weighted by atomic mass is 10.2. The number of hydrogen-bond donors (Lipinski definition) is 3. The molecule has 27 heavy (non-hydrogen) atoms. The Bertz CT molecular complexity index is 681. The third-order valence-electron chi connectivity index (χ3n) is 3.84. The summed E-state index contributed by atoms with van der Waals surface area (Å²) in [6.45, 7) is 7.77. The van der Waals surface area contributed by atoms with E-state index in [1.165, 1.54) is 0 Å². The normalized spacial score (nSPS) is 12.0. The maximum absolute atomic E-state index is 9.23. The van der Waals surface area contributed by atoms with Crippen molar-refractivity contribution in [2.75, 3.05) is 26.2 Å². The molecule has 2 aromatic rings. The van der Waals surface area contributed by atoms with Crippen molar-refractivity contribution >= 4 is 15.9 Å². The second-order valence-corrected chi connectivity index (χ2v) is 7.20. The monoisotopic (exact) mass is 436 g/mol. The second-order valence-electron chi connectivity index (χ2n) is 6.34. The van der Waals surface area contributed by atoms with Crippen molar-refractivity contribution in [3.05, 3.63) is 58.1 Å². The zero-order chi connectivity index (χ0) is 19.5. The highest BCUT2D eigenvalue weighted by Gasteiger charge is 2.12. The van der Waals surface area contributed by atoms with Gasteiger partial charge in [0.05, 0.1) is 17.2 Å². The molecule has 2 rings (SSSR count). The molecule has 2 aromatic carbocycles. The van der Waals surface area contributed by atoms with Crippen molar-refractivity contribution in [3.8, 4) is 11.5 Å². The van der Waals surface area contributed by atoms with Gasteiger partial charge in [-0.2, -0.15) is 0 Å². The zero-order valence-corrected chi connectivity index (χ0v) is 17.6. The van der Waals surface area contributed by atoms with E-state index in [0.29, 0.717) is 19.8 Å². The first-order valence-corrected chi connectivity index (χ1v) is 10.1. The number of benzene rings is 2. The fourth-order valence-electron chi connectivity index (χ4n) is 2.58. The smallest absolute Gasteiger partial charge is 0.175 e. The van der Waals surface area contributed by atoms with Crippen molar-refractivity contribution < 1.29 is 14.6 Å². The zero-order valence-electron chi connectivity index (χ0n) is 16.0. The molecular formula is C21H29BrN2O3. The molecule has 0 spiro atoms. The summed E-state index contributed by atoms with van der Waals surface area (Å²) >= 11 is 3.62. The number of aliphatic hydroxyl groups excluding tert-OH is 1. The fraction of sp³-hybridized carbons (Fsp3) is 0.429. The van der Waals surface area contributed by atoms with Crippen LogP contribution in [0.3, 0.4) is 0 Å². The summed E-state index contributed by atoms with van der Waals surface area (Å²) in [6.07, 6.45) is -0.321. The fourth-order valence-corrected chi connectivity index (χ4v) is 3.18. The van der Waals surface area contributed by atoms with Crippen molar-refractivity contribution in [1.29, 1.82) is 0 Å². The van der Waals surface area contributed by atoms with E-state index in [2.05, 4.69) is 32.6 Å². The lowest BCUT2D eigenvalue weighted by molar-refractivity contribution is 0.191. The van der Waals surface area contributed by atoms with Gasteiger partial charge in [-0.15, -0.1) is 0 Å². The van der Waals surface area contributed by atoms with Crippen LogP contribution in [-0.2, 0) is 13.2 Å². The molecule has 1 atom stereocenters. The highest BCUT2D eigenvalue weighted by atomic mass is 79.9. The van der Waals surface area contributed by atoms with Crippen molar-refractivity contribution in [3.63, 3.8) is 0 Å². The molecule has 3 N–H and O–H groups in total. The van der Waals surface area contributed by atoms with Gasteiger partial charge in [0.2, 0.25) is 0 Å². The van der Waals surface area contributed by atoms with E-state index in [1.807, 2.05) is 43.3 Å². The van der Waals surface area contributed by atoms with Crippen molar-refractivity contribution in [2.45, 2.75) is 33.1 Å². The summed E-state index contributed by atoms with van der Waals surface area (Å²) in [7, 11) is 0. The van der Waals surface area contributed by atoms with Crippen LogP contribution in [0.2, 0.25) is 0 Å². The van der Waals surface area contributed by atoms with Crippen LogP contribution in [0.1, 0.15) is 25.0 Å². The second kappa shape index (κ2) is 12.0. The number of halogens is 1. The third kappa shape index (κ3) is 7.89. The van der Waals surface area contributed by atoms with E-state index < -0.39 is 0 Å². The Hall–Kier alpha value is -1.60. The minimum Gasteiger partial charge on any atom is -0.490 e. The van der Waals surface area contributed by atoms with Gasteiger partial charge in [-0.05, 0) is 53.0 Å². The molecule has 5 nitrogen and oxygen atoms in total. The molecule has 0 aromatic heterocycles. The third-order valence-corrected chi connectivity index (χ3v) is 4.43. The van der Waals surface area contributed by atoms with Gasteiger partial charge in [0.1, 0.15) is 6.61 Å². The molecule has 148 valence electrons. The molecule has 0 saturated heterocycles. The van der Waals surface area contributed by atoms with E-state index in [-0.39, 0.29) is 6.10 Å². The molecule has 0 heterocycles. The first-order chi connectivity index (χ1) is 13.1. The van der Waals surface area contributed by atoms with Gasteiger partial charge in [0.25, 0.3) is 0 Å². The van der Waals surface area contributed by atoms with Crippen LogP contribution in [0.4, 0.5) is 0 Å². The maximum Gasteiger partial charge on any atom is 0.175 e. The first-order valence-electron chi connectivity index (χ1n) is 9.31. The molecule has 1 unspecified atom stereocenters. The highest BCUT2D eigenvalue weighted by molar-refractivity contribution is 9.10. The van der Waals surface area contributed by atoms with Crippen molar-refractivity contribution in [1.82, 2.24) is 10.6 Å². The van der Waals surface area contributed by atoms with Crippen molar-refractivity contribution in [2.24, 2.45) is 0 Å². The molecule has 0 saturated carbocycles. The molecule has 6 heteroatoms. The van der Waals surface area contributed by atoms with E-state index in [1.54, 1.807) is 6.92 Å². The molecule has 0 aliphatic carbocycles. The quantitative estimate of drug-likeness (QED) is 0.444. The van der Waals surface area contributed by atoms with Crippen LogP contribution in [0.25, 0.3) is 0 Å². The van der Waals surface area contributed by atoms with E-state index >= 15 is 0 Å². The van der Waals surface area contributed by atoms with Crippen LogP contribution >= 0.6 is 15.9 Å². The number of aliphatic hydroxyl groups is 1. The summed E-state index contributed by atoms with van der Waals surface area (Å²) in [4.78, 5) is 0. The van der Waals surface area contributed by atoms with E-state index in [9.17, 15) is 5.11 Å². The summed E-state index contributed by atoms with van der Waals surface area (Å²) in [5.41, 5.74) is 2.23. The Kier molecular flexibility index (Phi) is 9.62. The Morgan fingerprint density at radius 2 is 1.78 bits per heavy atom. The first kappa shape index (κ1) is 21.7. The van der Waals surface area contributed by atoms with Gasteiger partial charge < -0.3 is 25.2 Å². The molecule has 0 bridgehead atoms. The van der Waals surface area contributed by atoms with Gasteiger partial charge >= 0.3 is 0 Å². The van der Waals surface area contributed by atoms with Crippen LogP contribution in [0.15, 0.2) is 46.9 Å². The van der Waals surface area contributed by atoms with Gasteiger partial charge in [-0.1, -0.05) is 30.3 Å². The summed E-state index contributed by atoms with van der Waals surface area (Å²) < 4.78 is 12.7. The maximum atomic E-state index is 9.23. The Labute approximate surface area is 170 Å².